The van der Waals surface area contributed by atoms with E-state index >= 15 is 0 Å². The van der Waals surface area contributed by atoms with Gasteiger partial charge >= 0.3 is 0 Å². The van der Waals surface area contributed by atoms with Gasteiger partial charge in [-0.3, -0.25) is 4.79 Å². The lowest BCUT2D eigenvalue weighted by molar-refractivity contribution is -0.121. The minimum Gasteiger partial charge on any atom is -0.494 e. The third-order valence-electron chi connectivity index (χ3n) is 2.47. The Bertz CT molecular complexity index is 349. The summed E-state index contributed by atoms with van der Waals surface area (Å²) in [5.74, 6) is 0.889. The smallest absolute Gasteiger partial charge is 0.220 e. The molecule has 0 aliphatic carbocycles. The zero-order valence-electron chi connectivity index (χ0n) is 11.1. The van der Waals surface area contributed by atoms with Crippen molar-refractivity contribution in [1.29, 1.82) is 0 Å². The first-order valence-electron chi connectivity index (χ1n) is 6.17. The van der Waals surface area contributed by atoms with E-state index in [9.17, 15) is 4.79 Å². The lowest BCUT2D eigenvalue weighted by Gasteiger charge is -2.07. The molecule has 4 nitrogen and oxygen atoms in total. The number of carbonyl (C=O) groups is 1. The van der Waals surface area contributed by atoms with Crippen molar-refractivity contribution in [2.75, 3.05) is 26.9 Å². The molecular weight excluding hydrogens is 230 g/mol. The van der Waals surface area contributed by atoms with Crippen LogP contribution in [0.5, 0.6) is 5.75 Å². The summed E-state index contributed by atoms with van der Waals surface area (Å²) in [4.78, 5) is 11.4. The van der Waals surface area contributed by atoms with Crippen molar-refractivity contribution in [3.63, 3.8) is 0 Å². The number of amides is 1. The predicted octanol–water partition coefficient (Wildman–Crippen LogP) is 1.92. The highest BCUT2D eigenvalue weighted by atomic mass is 16.5. The van der Waals surface area contributed by atoms with Gasteiger partial charge in [0, 0.05) is 20.1 Å². The fraction of sp³-hybridized carbons (Fsp3) is 0.500. The van der Waals surface area contributed by atoms with E-state index in [2.05, 4.69) is 5.32 Å². The van der Waals surface area contributed by atoms with E-state index < -0.39 is 0 Å². The van der Waals surface area contributed by atoms with Crippen LogP contribution in [0.2, 0.25) is 0 Å². The standard InChI is InChI=1S/C14H21NO3/c1-12-5-7-13(8-6-12)18-10-3-4-14(16)15-9-11-17-2/h5-8H,3-4,9-11H2,1-2H3,(H,15,16). The zero-order chi connectivity index (χ0) is 13.2. The fourth-order valence-corrected chi connectivity index (χ4v) is 1.44. The van der Waals surface area contributed by atoms with E-state index in [-0.39, 0.29) is 5.91 Å². The minimum absolute atomic E-state index is 0.0413. The molecule has 0 atom stereocenters. The van der Waals surface area contributed by atoms with E-state index in [4.69, 9.17) is 9.47 Å². The zero-order valence-corrected chi connectivity index (χ0v) is 11.1. The van der Waals surface area contributed by atoms with Crippen LogP contribution in [0.3, 0.4) is 0 Å². The maximum Gasteiger partial charge on any atom is 0.220 e. The quantitative estimate of drug-likeness (QED) is 0.718. The second-order valence-corrected chi connectivity index (χ2v) is 4.11. The fourth-order valence-electron chi connectivity index (χ4n) is 1.44. The van der Waals surface area contributed by atoms with Crippen LogP contribution in [0.15, 0.2) is 24.3 Å². The third kappa shape index (κ3) is 6.25. The molecule has 0 aliphatic rings. The maximum absolute atomic E-state index is 11.4. The summed E-state index contributed by atoms with van der Waals surface area (Å²) >= 11 is 0. The average molecular weight is 251 g/mol. The lowest BCUT2D eigenvalue weighted by atomic mass is 10.2. The number of rotatable bonds is 8. The van der Waals surface area contributed by atoms with Gasteiger partial charge in [0.2, 0.25) is 5.91 Å². The molecular formula is C14H21NO3. The van der Waals surface area contributed by atoms with Crippen molar-refractivity contribution in [3.05, 3.63) is 29.8 Å². The van der Waals surface area contributed by atoms with Gasteiger partial charge in [0.1, 0.15) is 5.75 Å². The average Bonchev–Trinajstić information content (AvgIpc) is 2.37. The SMILES string of the molecule is COCCNC(=O)CCCOc1ccc(C)cc1. The molecule has 18 heavy (non-hydrogen) atoms. The topological polar surface area (TPSA) is 47.6 Å². The number of methoxy groups -OCH3 is 1. The van der Waals surface area contributed by atoms with Gasteiger partial charge in [0.05, 0.1) is 13.2 Å². The first kappa shape index (κ1) is 14.5. The van der Waals surface area contributed by atoms with Crippen LogP contribution < -0.4 is 10.1 Å². The van der Waals surface area contributed by atoms with E-state index in [0.717, 1.165) is 5.75 Å². The van der Waals surface area contributed by atoms with Crippen LogP contribution in [0, 0.1) is 6.92 Å². The molecule has 0 radical (unpaired) electrons. The van der Waals surface area contributed by atoms with Crippen LogP contribution in [-0.2, 0) is 9.53 Å². The Morgan fingerprint density at radius 1 is 1.22 bits per heavy atom. The molecule has 1 aromatic carbocycles. The van der Waals surface area contributed by atoms with Crippen molar-refractivity contribution in [2.24, 2.45) is 0 Å². The molecule has 0 aromatic heterocycles. The molecule has 0 heterocycles. The van der Waals surface area contributed by atoms with Crippen LogP contribution in [0.25, 0.3) is 0 Å². The molecule has 4 heteroatoms. The van der Waals surface area contributed by atoms with Crippen LogP contribution in [0.4, 0.5) is 0 Å². The van der Waals surface area contributed by atoms with Crippen molar-refractivity contribution in [2.45, 2.75) is 19.8 Å². The number of nitrogens with one attached hydrogen (secondary N) is 1. The highest BCUT2D eigenvalue weighted by molar-refractivity contribution is 5.75. The first-order chi connectivity index (χ1) is 8.72. The summed E-state index contributed by atoms with van der Waals surface area (Å²) in [5, 5.41) is 2.77. The summed E-state index contributed by atoms with van der Waals surface area (Å²) in [6.07, 6.45) is 1.20. The molecule has 1 N–H and O–H groups in total. The molecule has 0 fully saturated rings. The Hall–Kier alpha value is -1.55. The summed E-state index contributed by atoms with van der Waals surface area (Å²) < 4.78 is 10.4. The monoisotopic (exact) mass is 251 g/mol. The first-order valence-corrected chi connectivity index (χ1v) is 6.17. The number of benzene rings is 1. The van der Waals surface area contributed by atoms with Gasteiger partial charge in [-0.05, 0) is 25.5 Å². The summed E-state index contributed by atoms with van der Waals surface area (Å²) in [7, 11) is 1.61. The second kappa shape index (κ2) is 8.53. The van der Waals surface area contributed by atoms with Gasteiger partial charge in [-0.15, -0.1) is 0 Å². The predicted molar refractivity (Wildman–Crippen MR) is 70.8 cm³/mol. The number of ether oxygens (including phenoxy) is 2. The number of aryl methyl sites for hydroxylation is 1. The van der Waals surface area contributed by atoms with E-state index in [1.54, 1.807) is 7.11 Å². The van der Waals surface area contributed by atoms with E-state index in [1.165, 1.54) is 5.56 Å². The third-order valence-corrected chi connectivity index (χ3v) is 2.47. The molecule has 1 rings (SSSR count). The Labute approximate surface area is 108 Å². The van der Waals surface area contributed by atoms with Crippen molar-refractivity contribution in [3.8, 4) is 5.75 Å². The number of carbonyl (C=O) groups excluding carboxylic acids is 1. The van der Waals surface area contributed by atoms with Crippen molar-refractivity contribution in [1.82, 2.24) is 5.32 Å². The maximum atomic E-state index is 11.4. The molecule has 100 valence electrons. The number of hydrogen-bond acceptors (Lipinski definition) is 3. The highest BCUT2D eigenvalue weighted by Gasteiger charge is 2.00. The molecule has 0 saturated heterocycles. The summed E-state index contributed by atoms with van der Waals surface area (Å²) in [6.45, 7) is 3.70. The summed E-state index contributed by atoms with van der Waals surface area (Å²) in [6, 6.07) is 7.89. The Morgan fingerprint density at radius 2 is 1.94 bits per heavy atom. The Balaban J connectivity index is 2.07. The van der Waals surface area contributed by atoms with Crippen LogP contribution >= 0.6 is 0 Å². The van der Waals surface area contributed by atoms with E-state index in [0.29, 0.717) is 32.6 Å². The second-order valence-electron chi connectivity index (χ2n) is 4.11. The largest absolute Gasteiger partial charge is 0.494 e. The summed E-state index contributed by atoms with van der Waals surface area (Å²) in [5.41, 5.74) is 1.21. The molecule has 0 spiro atoms. The van der Waals surface area contributed by atoms with Crippen LogP contribution in [-0.4, -0.2) is 32.8 Å². The van der Waals surface area contributed by atoms with Gasteiger partial charge in [-0.25, -0.2) is 0 Å². The van der Waals surface area contributed by atoms with Gasteiger partial charge in [-0.1, -0.05) is 17.7 Å². The van der Waals surface area contributed by atoms with Crippen molar-refractivity contribution < 1.29 is 14.3 Å². The van der Waals surface area contributed by atoms with Gasteiger partial charge in [-0.2, -0.15) is 0 Å². The highest BCUT2D eigenvalue weighted by Crippen LogP contribution is 2.11. The molecule has 1 aromatic rings. The van der Waals surface area contributed by atoms with E-state index in [1.807, 2.05) is 31.2 Å². The minimum atomic E-state index is 0.0413. The van der Waals surface area contributed by atoms with Crippen LogP contribution in [0.1, 0.15) is 18.4 Å². The molecule has 0 unspecified atom stereocenters. The molecule has 0 saturated carbocycles. The molecule has 0 aliphatic heterocycles. The number of hydrogen-bond donors (Lipinski definition) is 1. The van der Waals surface area contributed by atoms with Gasteiger partial charge in [0.15, 0.2) is 0 Å². The molecule has 0 bridgehead atoms. The Morgan fingerprint density at radius 3 is 2.61 bits per heavy atom. The molecule has 1 amide bonds. The van der Waals surface area contributed by atoms with Crippen molar-refractivity contribution >= 4 is 5.91 Å². The normalized spacial score (nSPS) is 10.1. The van der Waals surface area contributed by atoms with Gasteiger partial charge in [0.25, 0.3) is 0 Å². The lowest BCUT2D eigenvalue weighted by Crippen LogP contribution is -2.26. The Kier molecular flexibility index (Phi) is 6.87. The van der Waals surface area contributed by atoms with Gasteiger partial charge < -0.3 is 14.8 Å².